The number of hydrazone groups is 1. The van der Waals surface area contributed by atoms with Gasteiger partial charge in [-0.05, 0) is 24.0 Å². The quantitative estimate of drug-likeness (QED) is 0.301. The van der Waals surface area contributed by atoms with Gasteiger partial charge in [-0.1, -0.05) is 57.5 Å². The normalized spacial score (nSPS) is 12.3. The molecule has 0 saturated heterocycles. The van der Waals surface area contributed by atoms with Crippen molar-refractivity contribution in [2.75, 3.05) is 18.5 Å². The van der Waals surface area contributed by atoms with E-state index >= 15 is 0 Å². The molecule has 0 bridgehead atoms. The second kappa shape index (κ2) is 10.7. The third-order valence-corrected chi connectivity index (χ3v) is 6.44. The van der Waals surface area contributed by atoms with Crippen LogP contribution >= 0.6 is 11.6 Å². The van der Waals surface area contributed by atoms with Gasteiger partial charge in [-0.15, -0.1) is 0 Å². The van der Waals surface area contributed by atoms with E-state index in [1.54, 1.807) is 24.3 Å². The summed E-state index contributed by atoms with van der Waals surface area (Å²) in [5.41, 5.74) is 3.18. The summed E-state index contributed by atoms with van der Waals surface area (Å²) < 4.78 is 28.3. The Morgan fingerprint density at radius 1 is 1.13 bits per heavy atom. The molecule has 1 N–H and O–H groups in total. The van der Waals surface area contributed by atoms with Gasteiger partial charge in [0.05, 0.1) is 16.8 Å². The Morgan fingerprint density at radius 2 is 1.74 bits per heavy atom. The van der Waals surface area contributed by atoms with Gasteiger partial charge >= 0.3 is 0 Å². The van der Waals surface area contributed by atoms with Gasteiger partial charge in [0.2, 0.25) is 10.0 Å². The highest BCUT2D eigenvalue weighted by atomic mass is 35.5. The van der Waals surface area contributed by atoms with Crippen molar-refractivity contribution in [2.45, 2.75) is 32.6 Å². The first-order valence-corrected chi connectivity index (χ1v) is 11.7. The number of anilines is 1. The van der Waals surface area contributed by atoms with Gasteiger partial charge in [0.15, 0.2) is 0 Å². The average Bonchev–Trinajstić information content (AvgIpc) is 2.68. The van der Waals surface area contributed by atoms with Gasteiger partial charge in [-0.2, -0.15) is 9.41 Å². The van der Waals surface area contributed by atoms with Crippen LogP contribution in [0.15, 0.2) is 52.5 Å². The first kappa shape index (κ1) is 24.8. The van der Waals surface area contributed by atoms with Gasteiger partial charge in [-0.25, -0.2) is 8.42 Å². The zero-order chi connectivity index (χ0) is 23.2. The third-order valence-electron chi connectivity index (χ3n) is 4.23. The summed E-state index contributed by atoms with van der Waals surface area (Å²) >= 11 is 6.11. The summed E-state index contributed by atoms with van der Waals surface area (Å²) in [6, 6.07) is 10.7. The summed E-state index contributed by atoms with van der Waals surface area (Å²) in [5.74, 6) is 0.170. The lowest BCUT2D eigenvalue weighted by Gasteiger charge is -2.26. The summed E-state index contributed by atoms with van der Waals surface area (Å²) in [5, 5.41) is 15.9. The standard InChI is InChI=1S/C21H27ClN4O4S/c1-15(2)13-25(14-16(3)4)31(29,30)21-11-18(26(27)28)9-10-20(21)24-23-12-17-7-5-6-8-19(17)22/h5-12,15-16,24H,13-14H2,1-4H3/b23-12-. The Labute approximate surface area is 188 Å². The van der Waals surface area contributed by atoms with E-state index in [1.165, 1.54) is 22.7 Å². The predicted octanol–water partition coefficient (Wildman–Crippen LogP) is 5.00. The number of hydrogen-bond donors (Lipinski definition) is 1. The van der Waals surface area contributed by atoms with Gasteiger partial charge in [0.1, 0.15) is 4.90 Å². The molecule has 0 heterocycles. The highest BCUT2D eigenvalue weighted by Crippen LogP contribution is 2.30. The van der Waals surface area contributed by atoms with E-state index in [1.807, 2.05) is 27.7 Å². The molecular weight excluding hydrogens is 440 g/mol. The number of nitro groups is 1. The summed E-state index contributed by atoms with van der Waals surface area (Å²) in [6.07, 6.45) is 1.46. The van der Waals surface area contributed by atoms with E-state index in [9.17, 15) is 18.5 Å². The number of sulfonamides is 1. The lowest BCUT2D eigenvalue weighted by atomic mass is 10.2. The lowest BCUT2D eigenvalue weighted by molar-refractivity contribution is -0.385. The topological polar surface area (TPSA) is 105 Å². The molecule has 0 aromatic heterocycles. The van der Waals surface area contributed by atoms with Crippen LogP contribution in [0.1, 0.15) is 33.3 Å². The lowest BCUT2D eigenvalue weighted by Crippen LogP contribution is -2.37. The number of hydrogen-bond acceptors (Lipinski definition) is 6. The van der Waals surface area contributed by atoms with Crippen LogP contribution in [0.2, 0.25) is 5.02 Å². The molecule has 168 valence electrons. The maximum Gasteiger partial charge on any atom is 0.270 e. The summed E-state index contributed by atoms with van der Waals surface area (Å²) in [7, 11) is -4.01. The monoisotopic (exact) mass is 466 g/mol. The molecule has 2 aromatic carbocycles. The van der Waals surface area contributed by atoms with Crippen molar-refractivity contribution in [2.24, 2.45) is 16.9 Å². The van der Waals surface area contributed by atoms with Crippen molar-refractivity contribution in [3.63, 3.8) is 0 Å². The molecule has 0 aliphatic rings. The predicted molar refractivity (Wildman–Crippen MR) is 124 cm³/mol. The minimum Gasteiger partial charge on any atom is -0.277 e. The molecule has 31 heavy (non-hydrogen) atoms. The number of nitrogens with one attached hydrogen (secondary N) is 1. The van der Waals surface area contributed by atoms with Crippen molar-refractivity contribution in [1.82, 2.24) is 4.31 Å². The average molecular weight is 467 g/mol. The molecule has 10 heteroatoms. The second-order valence-corrected chi connectivity index (χ2v) is 10.3. The van der Waals surface area contributed by atoms with Crippen molar-refractivity contribution < 1.29 is 13.3 Å². The van der Waals surface area contributed by atoms with Crippen LogP contribution in [0.3, 0.4) is 0 Å². The molecule has 0 atom stereocenters. The van der Waals surface area contributed by atoms with Crippen LogP contribution in [0.4, 0.5) is 11.4 Å². The van der Waals surface area contributed by atoms with Crippen molar-refractivity contribution in [1.29, 1.82) is 0 Å². The van der Waals surface area contributed by atoms with Crippen LogP contribution in [-0.4, -0.2) is 37.0 Å². The van der Waals surface area contributed by atoms with Gasteiger partial charge in [0.25, 0.3) is 5.69 Å². The van der Waals surface area contributed by atoms with E-state index in [0.717, 1.165) is 6.07 Å². The molecule has 0 saturated carbocycles. The molecule has 2 rings (SSSR count). The SMILES string of the molecule is CC(C)CN(CC(C)C)S(=O)(=O)c1cc([N+](=O)[O-])ccc1N/N=C\c1ccccc1Cl. The van der Waals surface area contributed by atoms with E-state index < -0.39 is 14.9 Å². The fraction of sp³-hybridized carbons (Fsp3) is 0.381. The maximum atomic E-state index is 13.5. The van der Waals surface area contributed by atoms with E-state index in [2.05, 4.69) is 10.5 Å². The molecular formula is C21H27ClN4O4S. The number of halogens is 1. The highest BCUT2D eigenvalue weighted by molar-refractivity contribution is 7.89. The summed E-state index contributed by atoms with van der Waals surface area (Å²) in [6.45, 7) is 8.27. The minimum absolute atomic E-state index is 0.0851. The van der Waals surface area contributed by atoms with E-state index in [4.69, 9.17) is 11.6 Å². The Bertz CT molecular complexity index is 1050. The number of nitrogens with zero attached hydrogens (tertiary/aromatic N) is 3. The van der Waals surface area contributed by atoms with Crippen LogP contribution in [-0.2, 0) is 10.0 Å². The fourth-order valence-electron chi connectivity index (χ4n) is 2.91. The Hall–Kier alpha value is -2.49. The molecule has 0 amide bonds. The van der Waals surface area contributed by atoms with Crippen LogP contribution in [0.5, 0.6) is 0 Å². The molecule has 0 aliphatic heterocycles. The molecule has 0 radical (unpaired) electrons. The smallest absolute Gasteiger partial charge is 0.270 e. The van der Waals surface area contributed by atoms with Crippen LogP contribution < -0.4 is 5.43 Å². The first-order chi connectivity index (χ1) is 14.5. The van der Waals surface area contributed by atoms with Gasteiger partial charge < -0.3 is 0 Å². The second-order valence-electron chi connectivity index (χ2n) is 7.94. The number of benzene rings is 2. The number of nitro benzene ring substituents is 1. The molecule has 0 aliphatic carbocycles. The van der Waals surface area contributed by atoms with Gasteiger partial charge in [-0.3, -0.25) is 15.5 Å². The minimum atomic E-state index is -4.01. The molecule has 0 fully saturated rings. The zero-order valence-corrected chi connectivity index (χ0v) is 19.5. The Balaban J connectivity index is 2.48. The first-order valence-electron chi connectivity index (χ1n) is 9.84. The van der Waals surface area contributed by atoms with Crippen molar-refractivity contribution in [3.05, 3.63) is 63.2 Å². The van der Waals surface area contributed by atoms with Crippen LogP contribution in [0.25, 0.3) is 0 Å². The zero-order valence-electron chi connectivity index (χ0n) is 17.9. The molecule has 8 nitrogen and oxygen atoms in total. The largest absolute Gasteiger partial charge is 0.277 e. The van der Waals surface area contributed by atoms with E-state index in [-0.39, 0.29) is 28.1 Å². The highest BCUT2D eigenvalue weighted by Gasteiger charge is 2.30. The Kier molecular flexibility index (Phi) is 8.55. The van der Waals surface area contributed by atoms with Crippen molar-refractivity contribution >= 4 is 39.2 Å². The molecule has 0 unspecified atom stereocenters. The molecule has 0 spiro atoms. The van der Waals surface area contributed by atoms with Crippen LogP contribution in [0, 0.1) is 22.0 Å². The van der Waals surface area contributed by atoms with Crippen molar-refractivity contribution in [3.8, 4) is 0 Å². The number of non-ortho nitro benzene ring substituents is 1. The fourth-order valence-corrected chi connectivity index (χ4v) is 5.02. The number of rotatable bonds is 10. The van der Waals surface area contributed by atoms with E-state index in [0.29, 0.717) is 23.7 Å². The third kappa shape index (κ3) is 6.75. The summed E-state index contributed by atoms with van der Waals surface area (Å²) in [4.78, 5) is 10.5. The van der Waals surface area contributed by atoms with Gasteiger partial charge in [0, 0.05) is 35.8 Å². The molecule has 2 aromatic rings. The maximum absolute atomic E-state index is 13.5. The Morgan fingerprint density at radius 3 is 2.29 bits per heavy atom.